The number of amides is 2. The van der Waals surface area contributed by atoms with E-state index in [2.05, 4.69) is 10.2 Å². The number of rotatable bonds is 5. The molecule has 0 bridgehead atoms. The van der Waals surface area contributed by atoms with Crippen LogP contribution >= 0.6 is 0 Å². The fourth-order valence-electron chi connectivity index (χ4n) is 3.28. The average Bonchev–Trinajstić information content (AvgIpc) is 3.50. The number of benzene rings is 1. The normalized spacial score (nSPS) is 18.2. The van der Waals surface area contributed by atoms with E-state index in [1.165, 1.54) is 32.1 Å². The van der Waals surface area contributed by atoms with Crippen LogP contribution in [0.15, 0.2) is 23.1 Å². The molecule has 2 fully saturated rings. The number of carbonyl (C=O) groups excluding carboxylic acids is 2. The van der Waals surface area contributed by atoms with Crippen molar-refractivity contribution < 1.29 is 22.7 Å². The highest BCUT2D eigenvalue weighted by Crippen LogP contribution is 2.27. The minimum Gasteiger partial charge on any atom is -0.497 e. The Morgan fingerprint density at radius 2 is 1.85 bits per heavy atom. The van der Waals surface area contributed by atoms with Crippen LogP contribution < -0.4 is 10.1 Å². The lowest BCUT2D eigenvalue weighted by atomic mass is 10.2. The second-order valence-electron chi connectivity index (χ2n) is 6.92. The lowest BCUT2D eigenvalue weighted by molar-refractivity contribution is -0.131. The molecule has 1 saturated heterocycles. The molecule has 0 aromatic heterocycles. The van der Waals surface area contributed by atoms with Gasteiger partial charge in [-0.2, -0.15) is 0 Å². The fraction of sp³-hybridized carbons (Fsp3) is 0.556. The highest BCUT2D eigenvalue weighted by atomic mass is 32.2. The minimum absolute atomic E-state index is 0.0914. The summed E-state index contributed by atoms with van der Waals surface area (Å²) in [6, 6.07) is 5.03. The Morgan fingerprint density at radius 1 is 1.19 bits per heavy atom. The Bertz CT molecular complexity index is 827. The molecule has 9 heteroatoms. The van der Waals surface area contributed by atoms with Crippen LogP contribution in [0.2, 0.25) is 0 Å². The molecule has 2 amide bonds. The average molecular weight is 395 g/mol. The molecule has 3 rings (SSSR count). The van der Waals surface area contributed by atoms with Crippen LogP contribution in [0.25, 0.3) is 0 Å². The summed E-state index contributed by atoms with van der Waals surface area (Å²) in [7, 11) is -2.74. The Balaban J connectivity index is 1.55. The molecule has 8 nitrogen and oxygen atoms in total. The molecule has 27 heavy (non-hydrogen) atoms. The number of hydrogen-bond donors (Lipinski definition) is 1. The molecule has 0 atom stereocenters. The first kappa shape index (κ1) is 19.6. The SMILES string of the molecule is COc1ccc(S(=O)(=O)C(=O)NCC(=O)N2CCN(C3CC3)CC2)c(C)c1. The first-order valence-corrected chi connectivity index (χ1v) is 10.5. The lowest BCUT2D eigenvalue weighted by Crippen LogP contribution is -2.51. The zero-order chi connectivity index (χ0) is 19.6. The fourth-order valence-corrected chi connectivity index (χ4v) is 4.47. The molecule has 1 aliphatic carbocycles. The van der Waals surface area contributed by atoms with E-state index in [1.807, 2.05) is 0 Å². The number of nitrogens with one attached hydrogen (secondary N) is 1. The summed E-state index contributed by atoms with van der Waals surface area (Å²) in [5, 5.41) is 1.09. The topological polar surface area (TPSA) is 96.0 Å². The number of hydrogen-bond acceptors (Lipinski definition) is 6. The summed E-state index contributed by atoms with van der Waals surface area (Å²) >= 11 is 0. The molecule has 1 aromatic carbocycles. The quantitative estimate of drug-likeness (QED) is 0.792. The van der Waals surface area contributed by atoms with E-state index in [-0.39, 0.29) is 17.3 Å². The maximum atomic E-state index is 12.5. The van der Waals surface area contributed by atoms with Gasteiger partial charge in [0.15, 0.2) is 0 Å². The first-order valence-electron chi connectivity index (χ1n) is 9.02. The van der Waals surface area contributed by atoms with Crippen LogP contribution in [0.3, 0.4) is 0 Å². The van der Waals surface area contributed by atoms with Crippen molar-refractivity contribution in [1.29, 1.82) is 0 Å². The lowest BCUT2D eigenvalue weighted by Gasteiger charge is -2.34. The van der Waals surface area contributed by atoms with Crippen LogP contribution in [-0.4, -0.2) is 75.2 Å². The van der Waals surface area contributed by atoms with E-state index in [9.17, 15) is 18.0 Å². The minimum atomic E-state index is -4.22. The molecule has 1 aliphatic heterocycles. The van der Waals surface area contributed by atoms with Gasteiger partial charge >= 0.3 is 5.24 Å². The Morgan fingerprint density at radius 3 is 2.41 bits per heavy atom. The van der Waals surface area contributed by atoms with Crippen LogP contribution in [-0.2, 0) is 14.6 Å². The predicted molar refractivity (Wildman–Crippen MR) is 99.5 cm³/mol. The second-order valence-corrected chi connectivity index (χ2v) is 8.74. The van der Waals surface area contributed by atoms with Gasteiger partial charge in [0.2, 0.25) is 5.91 Å². The second kappa shape index (κ2) is 7.85. The molecule has 1 N–H and O–H groups in total. The third-order valence-corrected chi connectivity index (χ3v) is 6.70. The van der Waals surface area contributed by atoms with Crippen molar-refractivity contribution in [3.63, 3.8) is 0 Å². The summed E-state index contributed by atoms with van der Waals surface area (Å²) in [5.41, 5.74) is 0.409. The smallest absolute Gasteiger partial charge is 0.341 e. The van der Waals surface area contributed by atoms with E-state index >= 15 is 0 Å². The molecule has 0 spiro atoms. The van der Waals surface area contributed by atoms with E-state index in [4.69, 9.17) is 4.74 Å². The highest BCUT2D eigenvalue weighted by molar-refractivity contribution is 8.06. The van der Waals surface area contributed by atoms with Crippen molar-refractivity contribution in [2.75, 3.05) is 39.8 Å². The van der Waals surface area contributed by atoms with Gasteiger partial charge in [0.05, 0.1) is 18.6 Å². The molecular formula is C18H25N3O5S. The molecule has 0 radical (unpaired) electrons. The third kappa shape index (κ3) is 4.41. The van der Waals surface area contributed by atoms with E-state index in [0.717, 1.165) is 13.1 Å². The van der Waals surface area contributed by atoms with E-state index in [1.54, 1.807) is 17.9 Å². The largest absolute Gasteiger partial charge is 0.497 e. The van der Waals surface area contributed by atoms with Gasteiger partial charge in [-0.05, 0) is 43.5 Å². The van der Waals surface area contributed by atoms with Crippen LogP contribution in [0.1, 0.15) is 18.4 Å². The Labute approximate surface area is 159 Å². The molecule has 2 aliphatic rings. The van der Waals surface area contributed by atoms with Gasteiger partial charge in [-0.15, -0.1) is 0 Å². The van der Waals surface area contributed by atoms with Crippen molar-refractivity contribution in [3.8, 4) is 5.75 Å². The number of nitrogens with zero attached hydrogens (tertiary/aromatic N) is 2. The van der Waals surface area contributed by atoms with Gasteiger partial charge in [-0.3, -0.25) is 14.5 Å². The van der Waals surface area contributed by atoms with E-state index in [0.29, 0.717) is 30.4 Å². The van der Waals surface area contributed by atoms with Gasteiger partial charge in [-0.25, -0.2) is 8.42 Å². The number of ether oxygens (including phenoxy) is 1. The summed E-state index contributed by atoms with van der Waals surface area (Å²) in [4.78, 5) is 28.4. The number of carbonyl (C=O) groups is 2. The molecule has 1 heterocycles. The molecule has 0 unspecified atom stereocenters. The van der Waals surface area contributed by atoms with Crippen molar-refractivity contribution >= 4 is 21.0 Å². The Kier molecular flexibility index (Phi) is 5.71. The number of methoxy groups -OCH3 is 1. The summed E-state index contributed by atoms with van der Waals surface area (Å²) in [5.74, 6) is 0.243. The van der Waals surface area contributed by atoms with Crippen molar-refractivity contribution in [2.45, 2.75) is 30.7 Å². The maximum absolute atomic E-state index is 12.5. The van der Waals surface area contributed by atoms with Crippen molar-refractivity contribution in [1.82, 2.24) is 15.1 Å². The van der Waals surface area contributed by atoms with Crippen molar-refractivity contribution in [3.05, 3.63) is 23.8 Å². The molecule has 1 saturated carbocycles. The van der Waals surface area contributed by atoms with Crippen LogP contribution in [0.4, 0.5) is 4.79 Å². The Hall–Kier alpha value is -2.13. The molecule has 1 aromatic rings. The van der Waals surface area contributed by atoms with Gasteiger partial charge in [0.25, 0.3) is 9.84 Å². The predicted octanol–water partition coefficient (Wildman–Crippen LogP) is 0.794. The summed E-state index contributed by atoms with van der Waals surface area (Å²) in [6.45, 7) is 4.14. The maximum Gasteiger partial charge on any atom is 0.341 e. The molecular weight excluding hydrogens is 370 g/mol. The van der Waals surface area contributed by atoms with Gasteiger partial charge in [-0.1, -0.05) is 0 Å². The zero-order valence-electron chi connectivity index (χ0n) is 15.6. The van der Waals surface area contributed by atoms with Crippen LogP contribution in [0.5, 0.6) is 5.75 Å². The highest BCUT2D eigenvalue weighted by Gasteiger charge is 2.33. The van der Waals surface area contributed by atoms with Crippen molar-refractivity contribution in [2.24, 2.45) is 0 Å². The monoisotopic (exact) mass is 395 g/mol. The standard InChI is InChI=1S/C18H25N3O5S/c1-13-11-15(26-2)5-6-16(13)27(24,25)18(23)19-12-17(22)21-9-7-20(8-10-21)14-3-4-14/h5-6,11,14H,3-4,7-10,12H2,1-2H3,(H,19,23). The summed E-state index contributed by atoms with van der Waals surface area (Å²) < 4.78 is 30.0. The molecule has 148 valence electrons. The van der Waals surface area contributed by atoms with E-state index < -0.39 is 15.1 Å². The van der Waals surface area contributed by atoms with Gasteiger partial charge in [0.1, 0.15) is 5.75 Å². The third-order valence-electron chi connectivity index (χ3n) is 5.03. The number of aryl methyl sites for hydroxylation is 1. The summed E-state index contributed by atoms with van der Waals surface area (Å²) in [6.07, 6.45) is 2.46. The number of sulfone groups is 1. The van der Waals surface area contributed by atoms with Gasteiger partial charge < -0.3 is 15.0 Å². The first-order chi connectivity index (χ1) is 12.8. The van der Waals surface area contributed by atoms with Crippen LogP contribution in [0, 0.1) is 6.92 Å². The number of piperazine rings is 1. The van der Waals surface area contributed by atoms with Gasteiger partial charge in [0, 0.05) is 32.2 Å². The zero-order valence-corrected chi connectivity index (χ0v) is 16.4.